The van der Waals surface area contributed by atoms with Crippen LogP contribution in [0.25, 0.3) is 0 Å². The molecule has 0 radical (unpaired) electrons. The van der Waals surface area contributed by atoms with E-state index in [1.54, 1.807) is 25.1 Å². The van der Waals surface area contributed by atoms with Crippen molar-refractivity contribution in [2.45, 2.75) is 66.6 Å². The van der Waals surface area contributed by atoms with Gasteiger partial charge in [-0.05, 0) is 81.5 Å². The highest BCUT2D eigenvalue weighted by Crippen LogP contribution is 2.25. The first-order valence-electron chi connectivity index (χ1n) is 10.8. The van der Waals surface area contributed by atoms with Gasteiger partial charge in [0.25, 0.3) is 5.91 Å². The van der Waals surface area contributed by atoms with Gasteiger partial charge in [-0.15, -0.1) is 0 Å². The van der Waals surface area contributed by atoms with Gasteiger partial charge in [0.2, 0.25) is 5.91 Å². The van der Waals surface area contributed by atoms with E-state index in [0.29, 0.717) is 15.8 Å². The van der Waals surface area contributed by atoms with Crippen LogP contribution in [0, 0.1) is 20.8 Å². The summed E-state index contributed by atoms with van der Waals surface area (Å²) in [6.45, 7) is 11.6. The third-order valence-corrected chi connectivity index (χ3v) is 6.36. The van der Waals surface area contributed by atoms with Crippen LogP contribution in [0.3, 0.4) is 0 Å². The summed E-state index contributed by atoms with van der Waals surface area (Å²) in [6, 6.07) is 8.50. The fourth-order valence-electron chi connectivity index (χ4n) is 3.26. The lowest BCUT2D eigenvalue weighted by molar-refractivity contribution is -0.142. The minimum atomic E-state index is -0.685. The molecule has 0 spiro atoms. The number of ether oxygens (including phenoxy) is 1. The highest BCUT2D eigenvalue weighted by molar-refractivity contribution is 6.42. The minimum absolute atomic E-state index is 0.0149. The van der Waals surface area contributed by atoms with Crippen LogP contribution < -0.4 is 10.1 Å². The number of nitrogens with zero attached hydrogens (tertiary/aromatic N) is 1. The van der Waals surface area contributed by atoms with Crippen LogP contribution in [0.4, 0.5) is 0 Å². The number of nitrogens with one attached hydrogen (secondary N) is 1. The maximum absolute atomic E-state index is 13.2. The van der Waals surface area contributed by atoms with E-state index in [0.717, 1.165) is 28.7 Å². The smallest absolute Gasteiger partial charge is 0.261 e. The van der Waals surface area contributed by atoms with Crippen LogP contribution in [-0.2, 0) is 16.1 Å². The molecular formula is C25H32Cl2N2O3. The molecule has 0 unspecified atom stereocenters. The van der Waals surface area contributed by atoms with Gasteiger partial charge in [-0.2, -0.15) is 0 Å². The molecule has 0 aliphatic rings. The average molecular weight is 479 g/mol. The molecule has 2 rings (SSSR count). The largest absolute Gasteiger partial charge is 0.483 e. The van der Waals surface area contributed by atoms with E-state index in [4.69, 9.17) is 27.9 Å². The first-order chi connectivity index (χ1) is 15.0. The van der Waals surface area contributed by atoms with Crippen molar-refractivity contribution in [2.24, 2.45) is 0 Å². The molecule has 174 valence electrons. The number of hydrogen-bond acceptors (Lipinski definition) is 3. The quantitative estimate of drug-likeness (QED) is 0.507. The lowest BCUT2D eigenvalue weighted by atomic mass is 10.1. The molecule has 0 aromatic heterocycles. The Kier molecular flexibility index (Phi) is 9.41. The highest BCUT2D eigenvalue weighted by atomic mass is 35.5. The Morgan fingerprint density at radius 3 is 2.38 bits per heavy atom. The topological polar surface area (TPSA) is 58.6 Å². The van der Waals surface area contributed by atoms with Gasteiger partial charge in [-0.3, -0.25) is 9.59 Å². The fourth-order valence-corrected chi connectivity index (χ4v) is 3.58. The number of aryl methyl sites for hydroxylation is 2. The molecular weight excluding hydrogens is 447 g/mol. The number of rotatable bonds is 9. The Hall–Kier alpha value is -2.24. The van der Waals surface area contributed by atoms with Gasteiger partial charge in [-0.1, -0.05) is 42.3 Å². The predicted octanol–water partition coefficient (Wildman–Crippen LogP) is 5.63. The number of amides is 2. The molecule has 2 atom stereocenters. The molecule has 1 N–H and O–H groups in total. The second kappa shape index (κ2) is 11.6. The van der Waals surface area contributed by atoms with E-state index in [-0.39, 0.29) is 31.0 Å². The van der Waals surface area contributed by atoms with Crippen LogP contribution in [0.15, 0.2) is 30.3 Å². The van der Waals surface area contributed by atoms with E-state index in [1.165, 1.54) is 4.90 Å². The normalized spacial score (nSPS) is 12.8. The van der Waals surface area contributed by atoms with E-state index in [2.05, 4.69) is 11.4 Å². The molecule has 0 fully saturated rings. The summed E-state index contributed by atoms with van der Waals surface area (Å²) in [6.07, 6.45) is 0.800. The molecule has 32 heavy (non-hydrogen) atoms. The van der Waals surface area contributed by atoms with Crippen molar-refractivity contribution in [2.75, 3.05) is 6.61 Å². The maximum atomic E-state index is 13.2. The lowest BCUT2D eigenvalue weighted by Crippen LogP contribution is -2.50. The van der Waals surface area contributed by atoms with Crippen molar-refractivity contribution in [1.82, 2.24) is 10.2 Å². The summed E-state index contributed by atoms with van der Waals surface area (Å²) in [5.74, 6) is 0.166. The molecule has 2 aromatic carbocycles. The number of carbonyl (C=O) groups is 2. The predicted molar refractivity (Wildman–Crippen MR) is 131 cm³/mol. The van der Waals surface area contributed by atoms with Gasteiger partial charge in [0.05, 0.1) is 10.0 Å². The zero-order valence-electron chi connectivity index (χ0n) is 19.6. The monoisotopic (exact) mass is 478 g/mol. The van der Waals surface area contributed by atoms with E-state index >= 15 is 0 Å². The molecule has 7 heteroatoms. The van der Waals surface area contributed by atoms with Crippen LogP contribution in [0.5, 0.6) is 5.75 Å². The van der Waals surface area contributed by atoms with Crippen LogP contribution in [-0.4, -0.2) is 35.4 Å². The summed E-state index contributed by atoms with van der Waals surface area (Å²) in [5, 5.41) is 3.78. The molecule has 2 amide bonds. The SMILES string of the molecule is CC[C@@H](C)NC(=O)[C@H](C)N(Cc1ccc(Cl)c(Cl)c1)C(=O)COc1cc(C)cc(C)c1C. The van der Waals surface area contributed by atoms with Gasteiger partial charge < -0.3 is 15.0 Å². The summed E-state index contributed by atoms with van der Waals surface area (Å²) < 4.78 is 5.88. The molecule has 2 aromatic rings. The Bertz CT molecular complexity index is 978. The van der Waals surface area contributed by atoms with Crippen molar-refractivity contribution in [3.63, 3.8) is 0 Å². The summed E-state index contributed by atoms with van der Waals surface area (Å²) in [4.78, 5) is 27.5. The third kappa shape index (κ3) is 6.88. The maximum Gasteiger partial charge on any atom is 0.261 e. The molecule has 0 bridgehead atoms. The summed E-state index contributed by atoms with van der Waals surface area (Å²) in [7, 11) is 0. The number of benzene rings is 2. The minimum Gasteiger partial charge on any atom is -0.483 e. The van der Waals surface area contributed by atoms with E-state index in [1.807, 2.05) is 40.7 Å². The summed E-state index contributed by atoms with van der Waals surface area (Å²) >= 11 is 12.2. The van der Waals surface area contributed by atoms with Crippen molar-refractivity contribution in [3.8, 4) is 5.75 Å². The number of halogens is 2. The Morgan fingerprint density at radius 1 is 1.06 bits per heavy atom. The molecule has 0 saturated heterocycles. The van der Waals surface area contributed by atoms with Crippen LogP contribution in [0.2, 0.25) is 10.0 Å². The van der Waals surface area contributed by atoms with Crippen molar-refractivity contribution in [1.29, 1.82) is 0 Å². The summed E-state index contributed by atoms with van der Waals surface area (Å²) in [5.41, 5.74) is 3.92. The highest BCUT2D eigenvalue weighted by Gasteiger charge is 2.27. The Labute approximate surface area is 201 Å². The van der Waals surface area contributed by atoms with Gasteiger partial charge in [-0.25, -0.2) is 0 Å². The zero-order chi connectivity index (χ0) is 24.0. The van der Waals surface area contributed by atoms with Crippen molar-refractivity contribution >= 4 is 35.0 Å². The van der Waals surface area contributed by atoms with Gasteiger partial charge in [0, 0.05) is 12.6 Å². The first kappa shape index (κ1) is 26.0. The molecule has 0 saturated carbocycles. The van der Waals surface area contributed by atoms with E-state index < -0.39 is 6.04 Å². The Balaban J connectivity index is 2.24. The molecule has 0 aliphatic carbocycles. The van der Waals surface area contributed by atoms with E-state index in [9.17, 15) is 9.59 Å². The molecule has 5 nitrogen and oxygen atoms in total. The molecule has 0 aliphatic heterocycles. The lowest BCUT2D eigenvalue weighted by Gasteiger charge is -2.30. The van der Waals surface area contributed by atoms with Gasteiger partial charge in [0.1, 0.15) is 11.8 Å². The second-order valence-corrected chi connectivity index (χ2v) is 9.07. The van der Waals surface area contributed by atoms with Crippen molar-refractivity contribution in [3.05, 3.63) is 62.6 Å². The van der Waals surface area contributed by atoms with Gasteiger partial charge >= 0.3 is 0 Å². The zero-order valence-corrected chi connectivity index (χ0v) is 21.1. The Morgan fingerprint density at radius 2 is 1.75 bits per heavy atom. The third-order valence-electron chi connectivity index (χ3n) is 5.62. The standard InChI is InChI=1S/C25H32Cl2N2O3/c1-7-17(4)28-25(31)19(6)29(13-20-8-9-21(26)22(27)12-20)24(30)14-32-23-11-15(2)10-16(3)18(23)5/h8-12,17,19H,7,13-14H2,1-6H3,(H,28,31)/t17-,19+/m1/s1. The fraction of sp³-hybridized carbons (Fsp3) is 0.440. The average Bonchev–Trinajstić information content (AvgIpc) is 2.74. The first-order valence-corrected chi connectivity index (χ1v) is 11.5. The van der Waals surface area contributed by atoms with Crippen LogP contribution >= 0.6 is 23.2 Å². The number of hydrogen-bond donors (Lipinski definition) is 1. The molecule has 0 heterocycles. The van der Waals surface area contributed by atoms with Crippen molar-refractivity contribution < 1.29 is 14.3 Å². The number of carbonyl (C=O) groups excluding carboxylic acids is 2. The van der Waals surface area contributed by atoms with Crippen LogP contribution in [0.1, 0.15) is 49.4 Å². The second-order valence-electron chi connectivity index (χ2n) is 8.26. The van der Waals surface area contributed by atoms with Gasteiger partial charge in [0.15, 0.2) is 6.61 Å².